The first kappa shape index (κ1) is 15.5. The summed E-state index contributed by atoms with van der Waals surface area (Å²) in [5, 5.41) is 5.71. The van der Waals surface area contributed by atoms with E-state index in [2.05, 4.69) is 10.6 Å². The second kappa shape index (κ2) is 6.72. The first-order chi connectivity index (χ1) is 10.1. The van der Waals surface area contributed by atoms with Crippen molar-refractivity contribution in [1.29, 1.82) is 0 Å². The van der Waals surface area contributed by atoms with Crippen molar-refractivity contribution in [2.75, 3.05) is 13.2 Å². The summed E-state index contributed by atoms with van der Waals surface area (Å²) < 4.78 is 5.32. The number of ether oxygens (including phenoxy) is 1. The zero-order valence-electron chi connectivity index (χ0n) is 12.6. The first-order valence-electron chi connectivity index (χ1n) is 7.28. The van der Waals surface area contributed by atoms with Gasteiger partial charge in [-0.25, -0.2) is 0 Å². The third-order valence-electron chi connectivity index (χ3n) is 3.73. The lowest BCUT2D eigenvalue weighted by Gasteiger charge is -2.27. The highest BCUT2D eigenvalue weighted by atomic mass is 16.5. The maximum atomic E-state index is 12.5. The molecule has 0 bridgehead atoms. The SMILES string of the molecule is CCC(=O)NC1(C(=O)NCc2ccc(C)cc2)CCOC1. The number of carbonyl (C=O) groups excluding carboxylic acids is 2. The Kier molecular flexibility index (Phi) is 4.96. The van der Waals surface area contributed by atoms with Crippen molar-refractivity contribution in [3.05, 3.63) is 35.4 Å². The van der Waals surface area contributed by atoms with Gasteiger partial charge in [0.15, 0.2) is 0 Å². The van der Waals surface area contributed by atoms with Crippen molar-refractivity contribution in [3.63, 3.8) is 0 Å². The fourth-order valence-electron chi connectivity index (χ4n) is 2.31. The molecular weight excluding hydrogens is 268 g/mol. The van der Waals surface area contributed by atoms with Crippen molar-refractivity contribution in [2.24, 2.45) is 0 Å². The number of carbonyl (C=O) groups is 2. The Hall–Kier alpha value is -1.88. The summed E-state index contributed by atoms with van der Waals surface area (Å²) in [4.78, 5) is 24.1. The van der Waals surface area contributed by atoms with E-state index in [0.717, 1.165) is 5.56 Å². The quantitative estimate of drug-likeness (QED) is 0.859. The van der Waals surface area contributed by atoms with E-state index >= 15 is 0 Å². The van der Waals surface area contributed by atoms with Crippen LogP contribution in [-0.4, -0.2) is 30.6 Å². The molecule has 21 heavy (non-hydrogen) atoms. The number of nitrogens with one attached hydrogen (secondary N) is 2. The van der Waals surface area contributed by atoms with Crippen LogP contribution in [-0.2, 0) is 20.9 Å². The summed E-state index contributed by atoms with van der Waals surface area (Å²) in [7, 11) is 0. The van der Waals surface area contributed by atoms with Gasteiger partial charge in [-0.15, -0.1) is 0 Å². The minimum absolute atomic E-state index is 0.133. The van der Waals surface area contributed by atoms with Gasteiger partial charge < -0.3 is 15.4 Å². The van der Waals surface area contributed by atoms with Crippen LogP contribution in [0.15, 0.2) is 24.3 Å². The minimum Gasteiger partial charge on any atom is -0.378 e. The monoisotopic (exact) mass is 290 g/mol. The molecule has 1 heterocycles. The van der Waals surface area contributed by atoms with E-state index in [1.165, 1.54) is 5.56 Å². The lowest BCUT2D eigenvalue weighted by atomic mass is 9.97. The van der Waals surface area contributed by atoms with Crippen LogP contribution in [0.5, 0.6) is 0 Å². The summed E-state index contributed by atoms with van der Waals surface area (Å²) in [5.41, 5.74) is 1.29. The Labute approximate surface area is 125 Å². The highest BCUT2D eigenvalue weighted by molar-refractivity contribution is 5.91. The van der Waals surface area contributed by atoms with E-state index in [0.29, 0.717) is 26.0 Å². The van der Waals surface area contributed by atoms with Crippen molar-refractivity contribution < 1.29 is 14.3 Å². The number of rotatable bonds is 5. The number of aryl methyl sites for hydroxylation is 1. The van der Waals surface area contributed by atoms with Gasteiger partial charge in [-0.3, -0.25) is 9.59 Å². The number of hydrogen-bond acceptors (Lipinski definition) is 3. The summed E-state index contributed by atoms with van der Waals surface area (Å²) in [6, 6.07) is 7.99. The zero-order chi connectivity index (χ0) is 15.3. The van der Waals surface area contributed by atoms with Gasteiger partial charge in [0.1, 0.15) is 5.54 Å². The molecule has 0 saturated carbocycles. The standard InChI is InChI=1S/C16H22N2O3/c1-3-14(19)18-16(8-9-21-11-16)15(20)17-10-13-6-4-12(2)5-7-13/h4-7H,3,8-11H2,1-2H3,(H,17,20)(H,18,19). The second-order valence-corrected chi connectivity index (χ2v) is 5.45. The van der Waals surface area contributed by atoms with E-state index in [1.807, 2.05) is 31.2 Å². The third kappa shape index (κ3) is 3.82. The molecule has 0 radical (unpaired) electrons. The van der Waals surface area contributed by atoms with Gasteiger partial charge >= 0.3 is 0 Å². The Bertz CT molecular complexity index is 505. The maximum Gasteiger partial charge on any atom is 0.248 e. The van der Waals surface area contributed by atoms with Crippen LogP contribution < -0.4 is 10.6 Å². The van der Waals surface area contributed by atoms with Crippen molar-refractivity contribution in [3.8, 4) is 0 Å². The van der Waals surface area contributed by atoms with Gasteiger partial charge in [0.05, 0.1) is 6.61 Å². The molecule has 0 aromatic heterocycles. The predicted octanol–water partition coefficient (Wildman–Crippen LogP) is 1.30. The second-order valence-electron chi connectivity index (χ2n) is 5.45. The van der Waals surface area contributed by atoms with Gasteiger partial charge in [-0.1, -0.05) is 36.8 Å². The molecule has 5 nitrogen and oxygen atoms in total. The Morgan fingerprint density at radius 1 is 1.29 bits per heavy atom. The van der Waals surface area contributed by atoms with E-state index in [1.54, 1.807) is 6.92 Å². The molecule has 2 rings (SSSR count). The molecule has 0 spiro atoms. The molecule has 0 aliphatic carbocycles. The highest BCUT2D eigenvalue weighted by Gasteiger charge is 2.43. The molecular formula is C16H22N2O3. The largest absolute Gasteiger partial charge is 0.378 e. The van der Waals surface area contributed by atoms with Gasteiger partial charge in [-0.05, 0) is 12.5 Å². The fraction of sp³-hybridized carbons (Fsp3) is 0.500. The summed E-state index contributed by atoms with van der Waals surface area (Å²) in [5.74, 6) is -0.312. The molecule has 1 atom stereocenters. The average molecular weight is 290 g/mol. The molecule has 114 valence electrons. The third-order valence-corrected chi connectivity index (χ3v) is 3.73. The van der Waals surface area contributed by atoms with Gasteiger partial charge in [-0.2, -0.15) is 0 Å². The lowest BCUT2D eigenvalue weighted by Crippen LogP contribution is -2.59. The molecule has 1 aromatic carbocycles. The van der Waals surface area contributed by atoms with Crippen LogP contribution in [0.4, 0.5) is 0 Å². The molecule has 2 N–H and O–H groups in total. The number of amides is 2. The van der Waals surface area contributed by atoms with Gasteiger partial charge in [0.2, 0.25) is 11.8 Å². The molecule has 1 aliphatic rings. The van der Waals surface area contributed by atoms with Crippen LogP contribution in [0.2, 0.25) is 0 Å². The van der Waals surface area contributed by atoms with Gasteiger partial charge in [0, 0.05) is 26.0 Å². The van der Waals surface area contributed by atoms with Crippen LogP contribution >= 0.6 is 0 Å². The summed E-state index contributed by atoms with van der Waals surface area (Å²) in [6.45, 7) is 4.96. The molecule has 1 unspecified atom stereocenters. The van der Waals surface area contributed by atoms with Crippen LogP contribution in [0, 0.1) is 6.92 Å². The van der Waals surface area contributed by atoms with E-state index in [-0.39, 0.29) is 18.4 Å². The maximum absolute atomic E-state index is 12.5. The van der Waals surface area contributed by atoms with E-state index < -0.39 is 5.54 Å². The minimum atomic E-state index is -0.919. The average Bonchev–Trinajstić information content (AvgIpc) is 2.96. The molecule has 1 aliphatic heterocycles. The Balaban J connectivity index is 1.98. The normalized spacial score (nSPS) is 21.0. The number of hydrogen-bond donors (Lipinski definition) is 2. The summed E-state index contributed by atoms with van der Waals surface area (Å²) >= 11 is 0. The smallest absolute Gasteiger partial charge is 0.248 e. The van der Waals surface area contributed by atoms with Crippen LogP contribution in [0.25, 0.3) is 0 Å². The van der Waals surface area contributed by atoms with Crippen LogP contribution in [0.3, 0.4) is 0 Å². The first-order valence-corrected chi connectivity index (χ1v) is 7.28. The van der Waals surface area contributed by atoms with E-state index in [9.17, 15) is 9.59 Å². The molecule has 1 saturated heterocycles. The molecule has 1 fully saturated rings. The lowest BCUT2D eigenvalue weighted by molar-refractivity contribution is -0.133. The molecule has 2 amide bonds. The van der Waals surface area contributed by atoms with Crippen molar-refractivity contribution in [2.45, 2.75) is 38.8 Å². The van der Waals surface area contributed by atoms with Crippen molar-refractivity contribution >= 4 is 11.8 Å². The Morgan fingerprint density at radius 2 is 2.00 bits per heavy atom. The summed E-state index contributed by atoms with van der Waals surface area (Å²) in [6.07, 6.45) is 0.867. The van der Waals surface area contributed by atoms with Gasteiger partial charge in [0.25, 0.3) is 0 Å². The molecule has 5 heteroatoms. The zero-order valence-corrected chi connectivity index (χ0v) is 12.6. The topological polar surface area (TPSA) is 67.4 Å². The highest BCUT2D eigenvalue weighted by Crippen LogP contribution is 2.19. The predicted molar refractivity (Wildman–Crippen MR) is 79.6 cm³/mol. The van der Waals surface area contributed by atoms with Crippen molar-refractivity contribution in [1.82, 2.24) is 10.6 Å². The van der Waals surface area contributed by atoms with E-state index in [4.69, 9.17) is 4.74 Å². The number of benzene rings is 1. The Morgan fingerprint density at radius 3 is 2.57 bits per heavy atom. The fourth-order valence-corrected chi connectivity index (χ4v) is 2.31. The molecule has 1 aromatic rings. The van der Waals surface area contributed by atoms with Crippen LogP contribution in [0.1, 0.15) is 30.9 Å².